The summed E-state index contributed by atoms with van der Waals surface area (Å²) in [4.78, 5) is 11.6. The maximum absolute atomic E-state index is 11.6. The molecule has 5 heteroatoms. The predicted molar refractivity (Wildman–Crippen MR) is 116 cm³/mol. The van der Waals surface area contributed by atoms with Crippen LogP contribution in [0.5, 0.6) is 0 Å². The Morgan fingerprint density at radius 2 is 1.23 bits per heavy atom. The SMILES string of the molecule is CCC[CH2][Sn]([CH2]CCC)[CH2]CC(OC(C)=O)[O][Sn]([CH2]CCC)[CH2]CCC. The Morgan fingerprint density at radius 1 is 0.769 bits per heavy atom. The van der Waals surface area contributed by atoms with Gasteiger partial charge in [0, 0.05) is 0 Å². The topological polar surface area (TPSA) is 35.5 Å². The molecule has 3 nitrogen and oxygen atoms in total. The van der Waals surface area contributed by atoms with Gasteiger partial charge < -0.3 is 0 Å². The second-order valence-corrected chi connectivity index (χ2v) is 22.6. The molecule has 0 rings (SSSR count). The van der Waals surface area contributed by atoms with Crippen molar-refractivity contribution in [2.75, 3.05) is 0 Å². The van der Waals surface area contributed by atoms with Crippen molar-refractivity contribution >= 4 is 45.9 Å². The van der Waals surface area contributed by atoms with Gasteiger partial charge in [-0.1, -0.05) is 0 Å². The number of carbonyl (C=O) groups excluding carboxylic acids is 1. The molecule has 26 heavy (non-hydrogen) atoms. The third-order valence-corrected chi connectivity index (χ3v) is 20.5. The molecular weight excluding hydrogens is 538 g/mol. The van der Waals surface area contributed by atoms with Crippen LogP contribution in [0, 0.1) is 0 Å². The van der Waals surface area contributed by atoms with Crippen LogP contribution in [-0.2, 0) is 12.6 Å². The molecule has 0 aliphatic rings. The number of hydrogen-bond donors (Lipinski definition) is 0. The Kier molecular flexibility index (Phi) is 20.1. The molecule has 154 valence electrons. The summed E-state index contributed by atoms with van der Waals surface area (Å²) in [6.45, 7) is 10.6. The molecule has 1 atom stereocenters. The van der Waals surface area contributed by atoms with Gasteiger partial charge in [-0.05, 0) is 0 Å². The average molecular weight is 582 g/mol. The third kappa shape index (κ3) is 16.0. The molecule has 1 unspecified atom stereocenters. The van der Waals surface area contributed by atoms with Gasteiger partial charge >= 0.3 is 179 Å². The summed E-state index contributed by atoms with van der Waals surface area (Å²) in [6, 6.07) is 0. The molecule has 0 heterocycles. The van der Waals surface area contributed by atoms with E-state index in [1.54, 1.807) is 0 Å². The molecule has 0 bridgehead atoms. The van der Waals surface area contributed by atoms with Gasteiger partial charge in [-0.25, -0.2) is 0 Å². The summed E-state index contributed by atoms with van der Waals surface area (Å²) in [6.07, 6.45) is 11.2. The van der Waals surface area contributed by atoms with E-state index in [2.05, 4.69) is 27.7 Å². The summed E-state index contributed by atoms with van der Waals surface area (Å²) in [5, 5.41) is 0. The monoisotopic (exact) mass is 584 g/mol. The van der Waals surface area contributed by atoms with Crippen LogP contribution in [0.3, 0.4) is 0 Å². The average Bonchev–Trinajstić information content (AvgIpc) is 2.62. The first-order valence-corrected chi connectivity index (χ1v) is 22.3. The number of hydrogen-bond acceptors (Lipinski definition) is 3. The second kappa shape index (κ2) is 19.3. The van der Waals surface area contributed by atoms with Crippen molar-refractivity contribution in [1.82, 2.24) is 0 Å². The Balaban J connectivity index is 4.66. The van der Waals surface area contributed by atoms with Gasteiger partial charge in [-0.2, -0.15) is 0 Å². The zero-order valence-corrected chi connectivity index (χ0v) is 23.9. The summed E-state index contributed by atoms with van der Waals surface area (Å²) in [5.74, 6) is -0.170. The van der Waals surface area contributed by atoms with E-state index in [9.17, 15) is 4.79 Å². The van der Waals surface area contributed by atoms with Crippen molar-refractivity contribution < 1.29 is 12.6 Å². The molecule has 0 aromatic rings. The van der Waals surface area contributed by atoms with Crippen LogP contribution in [0.1, 0.15) is 92.4 Å². The molecule has 2 radical (unpaired) electrons. The van der Waals surface area contributed by atoms with Crippen LogP contribution in [0.15, 0.2) is 0 Å². The van der Waals surface area contributed by atoms with Crippen molar-refractivity contribution in [3.8, 4) is 0 Å². The van der Waals surface area contributed by atoms with E-state index in [-0.39, 0.29) is 12.3 Å². The van der Waals surface area contributed by atoms with Crippen LogP contribution >= 0.6 is 0 Å². The maximum atomic E-state index is 11.6. The van der Waals surface area contributed by atoms with Crippen LogP contribution in [-0.4, -0.2) is 52.2 Å². The second-order valence-electron chi connectivity index (χ2n) is 7.40. The van der Waals surface area contributed by atoms with E-state index in [0.717, 1.165) is 6.42 Å². The molecule has 0 spiro atoms. The Bertz CT molecular complexity index is 310. The molecule has 0 aromatic heterocycles. The van der Waals surface area contributed by atoms with E-state index < -0.39 is 39.9 Å². The van der Waals surface area contributed by atoms with Crippen molar-refractivity contribution in [1.29, 1.82) is 0 Å². The quantitative estimate of drug-likeness (QED) is 0.0996. The van der Waals surface area contributed by atoms with E-state index in [4.69, 9.17) is 7.81 Å². The Hall–Kier alpha value is 1.03. The molecule has 0 saturated heterocycles. The number of rotatable bonds is 18. The summed E-state index contributed by atoms with van der Waals surface area (Å²) in [5.41, 5.74) is 0. The van der Waals surface area contributed by atoms with Crippen molar-refractivity contribution in [3.63, 3.8) is 0 Å². The molecule has 0 aliphatic carbocycles. The normalized spacial score (nSPS) is 12.7. The van der Waals surface area contributed by atoms with Crippen LogP contribution in [0.2, 0.25) is 22.2 Å². The standard InChI is InChI=1S/C5H8O3.4C4H9.2Sn/c1-3-5(7)8-4(2)6;4*1-3-4-2;;/h5H,1,3H2,2H3;4*1,3-4H2,2H3;;/q-1;;;;;;+1. The first-order chi connectivity index (χ1) is 12.6. The minimum absolute atomic E-state index is 0.170. The van der Waals surface area contributed by atoms with E-state index >= 15 is 0 Å². The molecule has 0 N–H and O–H groups in total. The molecule has 0 amide bonds. The first kappa shape index (κ1) is 27.0. The fourth-order valence-corrected chi connectivity index (χ4v) is 19.1. The summed E-state index contributed by atoms with van der Waals surface area (Å²) < 4.78 is 19.0. The van der Waals surface area contributed by atoms with Gasteiger partial charge in [0.25, 0.3) is 0 Å². The molecule has 0 aromatic carbocycles. The Labute approximate surface area is 178 Å². The summed E-state index contributed by atoms with van der Waals surface area (Å²) >= 11 is -3.19. The molecule has 0 saturated carbocycles. The van der Waals surface area contributed by atoms with Crippen LogP contribution in [0.4, 0.5) is 0 Å². The van der Waals surface area contributed by atoms with Crippen molar-refractivity contribution in [2.45, 2.75) is 121 Å². The first-order valence-electron chi connectivity index (χ1n) is 11.1. The van der Waals surface area contributed by atoms with E-state index in [0.29, 0.717) is 0 Å². The predicted octanol–water partition coefficient (Wildman–Crippen LogP) is 6.97. The molecule has 0 aliphatic heterocycles. The molecular formula is C21H44O3Sn2. The van der Waals surface area contributed by atoms with Gasteiger partial charge in [-0.3, -0.25) is 0 Å². The number of esters is 1. The van der Waals surface area contributed by atoms with Crippen molar-refractivity contribution in [3.05, 3.63) is 0 Å². The zero-order chi connectivity index (χ0) is 19.6. The molecule has 0 fully saturated rings. The minimum atomic E-state index is -1.87. The van der Waals surface area contributed by atoms with E-state index in [1.807, 2.05) is 0 Å². The third-order valence-electron chi connectivity index (χ3n) is 4.72. The number of ether oxygens (including phenoxy) is 1. The van der Waals surface area contributed by atoms with Crippen molar-refractivity contribution in [2.24, 2.45) is 0 Å². The fraction of sp³-hybridized carbons (Fsp3) is 0.952. The van der Waals surface area contributed by atoms with E-state index in [1.165, 1.54) is 80.5 Å². The van der Waals surface area contributed by atoms with Gasteiger partial charge in [0.15, 0.2) is 0 Å². The van der Waals surface area contributed by atoms with Gasteiger partial charge in [0.2, 0.25) is 0 Å². The zero-order valence-electron chi connectivity index (χ0n) is 18.2. The fourth-order valence-electron chi connectivity index (χ4n) is 3.05. The van der Waals surface area contributed by atoms with Gasteiger partial charge in [-0.15, -0.1) is 0 Å². The number of unbranched alkanes of at least 4 members (excludes halogenated alkanes) is 4. The van der Waals surface area contributed by atoms with Gasteiger partial charge in [0.1, 0.15) is 0 Å². The van der Waals surface area contributed by atoms with Gasteiger partial charge in [0.05, 0.1) is 0 Å². The van der Waals surface area contributed by atoms with Crippen LogP contribution in [0.25, 0.3) is 0 Å². The summed E-state index contributed by atoms with van der Waals surface area (Å²) in [7, 11) is 0. The number of carbonyl (C=O) groups is 1. The van der Waals surface area contributed by atoms with Crippen LogP contribution < -0.4 is 0 Å². The Morgan fingerprint density at radius 3 is 1.65 bits per heavy atom.